The Labute approximate surface area is 127 Å². The van der Waals surface area contributed by atoms with Crippen molar-refractivity contribution in [3.05, 3.63) is 35.9 Å². The highest BCUT2D eigenvalue weighted by Crippen LogP contribution is 2.24. The van der Waals surface area contributed by atoms with Gasteiger partial charge in [-0.2, -0.15) is 5.26 Å². The fraction of sp³-hybridized carbons (Fsp3) is 0.444. The zero-order valence-corrected chi connectivity index (χ0v) is 13.1. The van der Waals surface area contributed by atoms with E-state index in [1.807, 2.05) is 30.3 Å². The molecule has 0 fully saturated rings. The summed E-state index contributed by atoms with van der Waals surface area (Å²) < 4.78 is 0. The van der Waals surface area contributed by atoms with Crippen LogP contribution >= 0.6 is 0 Å². The first kappa shape index (κ1) is 15.3. The molecule has 0 bridgehead atoms. The summed E-state index contributed by atoms with van der Waals surface area (Å²) in [6, 6.07) is 12.5. The van der Waals surface area contributed by atoms with Gasteiger partial charge in [0.25, 0.3) is 0 Å². The number of aromatic nitrogens is 1. The van der Waals surface area contributed by atoms with Gasteiger partial charge in [-0.3, -0.25) is 0 Å². The minimum atomic E-state index is 0.377. The molecular formula is C18H23N3. The van der Waals surface area contributed by atoms with E-state index < -0.39 is 0 Å². The lowest BCUT2D eigenvalue weighted by Crippen LogP contribution is -2.32. The molecule has 3 heteroatoms. The third-order valence-corrected chi connectivity index (χ3v) is 3.74. The normalized spacial score (nSPS) is 10.8. The highest BCUT2D eigenvalue weighted by Gasteiger charge is 2.14. The maximum atomic E-state index is 9.40. The second-order valence-electron chi connectivity index (χ2n) is 5.65. The van der Waals surface area contributed by atoms with Crippen molar-refractivity contribution in [1.29, 1.82) is 5.26 Å². The number of pyridine rings is 1. The molecule has 1 heterocycles. The van der Waals surface area contributed by atoms with Crippen molar-refractivity contribution < 1.29 is 0 Å². The summed E-state index contributed by atoms with van der Waals surface area (Å²) >= 11 is 0. The Morgan fingerprint density at radius 1 is 1.24 bits per heavy atom. The van der Waals surface area contributed by atoms with Crippen molar-refractivity contribution in [2.24, 2.45) is 0 Å². The van der Waals surface area contributed by atoms with Crippen LogP contribution in [-0.4, -0.2) is 17.6 Å². The topological polar surface area (TPSA) is 39.9 Å². The van der Waals surface area contributed by atoms with E-state index >= 15 is 0 Å². The molecule has 0 amide bonds. The third-order valence-electron chi connectivity index (χ3n) is 3.74. The molecule has 0 aliphatic heterocycles. The van der Waals surface area contributed by atoms with E-state index in [4.69, 9.17) is 4.98 Å². The molecule has 0 saturated heterocycles. The fourth-order valence-electron chi connectivity index (χ4n) is 2.57. The van der Waals surface area contributed by atoms with Gasteiger partial charge < -0.3 is 4.90 Å². The number of hydrogen-bond donors (Lipinski definition) is 0. The fourth-order valence-corrected chi connectivity index (χ4v) is 2.57. The molecule has 21 heavy (non-hydrogen) atoms. The Balaban J connectivity index is 2.41. The summed E-state index contributed by atoms with van der Waals surface area (Å²) in [5.74, 6) is 0.913. The van der Waals surface area contributed by atoms with Gasteiger partial charge in [-0.05, 0) is 32.4 Å². The summed E-state index contributed by atoms with van der Waals surface area (Å²) in [7, 11) is 0. The summed E-state index contributed by atoms with van der Waals surface area (Å²) in [6.45, 7) is 7.55. The predicted molar refractivity (Wildman–Crippen MR) is 88.5 cm³/mol. The zero-order valence-electron chi connectivity index (χ0n) is 13.1. The van der Waals surface area contributed by atoms with Crippen LogP contribution in [0.3, 0.4) is 0 Å². The molecule has 1 aromatic carbocycles. The largest absolute Gasteiger partial charge is 0.354 e. The number of rotatable bonds is 6. The van der Waals surface area contributed by atoms with Crippen molar-refractivity contribution in [3.63, 3.8) is 0 Å². The van der Waals surface area contributed by atoms with Crippen LogP contribution in [0.5, 0.6) is 0 Å². The smallest absolute Gasteiger partial charge is 0.130 e. The van der Waals surface area contributed by atoms with Gasteiger partial charge in [-0.25, -0.2) is 4.98 Å². The second kappa shape index (κ2) is 7.08. The van der Waals surface area contributed by atoms with E-state index in [9.17, 15) is 5.26 Å². The van der Waals surface area contributed by atoms with E-state index in [0.717, 1.165) is 29.7 Å². The number of anilines is 1. The molecule has 0 aliphatic carbocycles. The molecule has 0 radical (unpaired) electrons. The SMILES string of the molecule is CCCCCN(c1cc(C#N)c2ccccc2n1)C(C)C. The van der Waals surface area contributed by atoms with Crippen molar-refractivity contribution in [1.82, 2.24) is 4.98 Å². The molecule has 2 aromatic rings. The molecule has 0 saturated carbocycles. The lowest BCUT2D eigenvalue weighted by Gasteiger charge is -2.28. The van der Waals surface area contributed by atoms with E-state index in [1.165, 1.54) is 12.8 Å². The summed E-state index contributed by atoms with van der Waals surface area (Å²) in [4.78, 5) is 7.05. The molecule has 1 aromatic heterocycles. The first-order chi connectivity index (χ1) is 10.2. The Bertz CT molecular complexity index is 640. The monoisotopic (exact) mass is 281 g/mol. The predicted octanol–water partition coefficient (Wildman–Crippen LogP) is 4.51. The first-order valence-corrected chi connectivity index (χ1v) is 7.74. The molecule has 3 nitrogen and oxygen atoms in total. The Hall–Kier alpha value is -2.08. The Morgan fingerprint density at radius 3 is 2.67 bits per heavy atom. The van der Waals surface area contributed by atoms with Crippen molar-refractivity contribution >= 4 is 16.7 Å². The molecule has 0 N–H and O–H groups in total. The van der Waals surface area contributed by atoms with Gasteiger partial charge >= 0.3 is 0 Å². The van der Waals surface area contributed by atoms with Crippen LogP contribution in [0.15, 0.2) is 30.3 Å². The molecule has 0 aliphatic rings. The van der Waals surface area contributed by atoms with E-state index in [1.54, 1.807) is 0 Å². The van der Waals surface area contributed by atoms with Crippen LogP contribution < -0.4 is 4.90 Å². The highest BCUT2D eigenvalue weighted by molar-refractivity contribution is 5.86. The molecular weight excluding hydrogens is 258 g/mol. The van der Waals surface area contributed by atoms with Gasteiger partial charge in [0, 0.05) is 18.0 Å². The van der Waals surface area contributed by atoms with Gasteiger partial charge in [0.1, 0.15) is 5.82 Å². The molecule has 0 atom stereocenters. The van der Waals surface area contributed by atoms with Crippen LogP contribution in [0.1, 0.15) is 45.6 Å². The second-order valence-corrected chi connectivity index (χ2v) is 5.65. The molecule has 110 valence electrons. The number of benzene rings is 1. The van der Waals surface area contributed by atoms with Gasteiger partial charge in [-0.1, -0.05) is 38.0 Å². The summed E-state index contributed by atoms with van der Waals surface area (Å²) in [6.07, 6.45) is 3.59. The average molecular weight is 281 g/mol. The van der Waals surface area contributed by atoms with Crippen LogP contribution in [0.2, 0.25) is 0 Å². The number of unbranched alkanes of at least 4 members (excludes halogenated alkanes) is 2. The third kappa shape index (κ3) is 3.52. The minimum absolute atomic E-state index is 0.377. The maximum Gasteiger partial charge on any atom is 0.130 e. The van der Waals surface area contributed by atoms with Crippen molar-refractivity contribution in [2.75, 3.05) is 11.4 Å². The lowest BCUT2D eigenvalue weighted by atomic mass is 10.1. The molecule has 2 rings (SSSR count). The number of para-hydroxylation sites is 1. The van der Waals surface area contributed by atoms with E-state index in [0.29, 0.717) is 11.6 Å². The first-order valence-electron chi connectivity index (χ1n) is 7.74. The highest BCUT2D eigenvalue weighted by atomic mass is 15.2. The number of hydrogen-bond acceptors (Lipinski definition) is 3. The Morgan fingerprint density at radius 2 is 2.00 bits per heavy atom. The van der Waals surface area contributed by atoms with Crippen molar-refractivity contribution in [3.8, 4) is 6.07 Å². The Kier molecular flexibility index (Phi) is 5.16. The average Bonchev–Trinajstić information content (AvgIpc) is 2.50. The maximum absolute atomic E-state index is 9.40. The van der Waals surface area contributed by atoms with Crippen LogP contribution in [-0.2, 0) is 0 Å². The van der Waals surface area contributed by atoms with Gasteiger partial charge in [0.2, 0.25) is 0 Å². The number of fused-ring (bicyclic) bond motifs is 1. The van der Waals surface area contributed by atoms with E-state index in [-0.39, 0.29) is 0 Å². The zero-order chi connectivity index (χ0) is 15.2. The standard InChI is InChI=1S/C18H23N3/c1-4-5-8-11-21(14(2)3)18-12-15(13-19)16-9-6-7-10-17(16)20-18/h6-7,9-10,12,14H,4-5,8,11H2,1-3H3. The van der Waals surface area contributed by atoms with Crippen LogP contribution in [0.4, 0.5) is 5.82 Å². The quantitative estimate of drug-likeness (QED) is 0.731. The van der Waals surface area contributed by atoms with Crippen molar-refractivity contribution in [2.45, 2.75) is 46.1 Å². The van der Waals surface area contributed by atoms with Gasteiger partial charge in [0.15, 0.2) is 0 Å². The number of nitrogens with zero attached hydrogens (tertiary/aromatic N) is 3. The molecule has 0 unspecified atom stereocenters. The molecule has 0 spiro atoms. The lowest BCUT2D eigenvalue weighted by molar-refractivity contribution is 0.620. The summed E-state index contributed by atoms with van der Waals surface area (Å²) in [5.41, 5.74) is 1.60. The van der Waals surface area contributed by atoms with E-state index in [2.05, 4.69) is 31.7 Å². The number of nitriles is 1. The van der Waals surface area contributed by atoms with Crippen LogP contribution in [0.25, 0.3) is 10.9 Å². The van der Waals surface area contributed by atoms with Gasteiger partial charge in [-0.15, -0.1) is 0 Å². The van der Waals surface area contributed by atoms with Gasteiger partial charge in [0.05, 0.1) is 17.1 Å². The van der Waals surface area contributed by atoms with Crippen LogP contribution in [0, 0.1) is 11.3 Å². The summed E-state index contributed by atoms with van der Waals surface area (Å²) in [5, 5.41) is 10.3. The minimum Gasteiger partial charge on any atom is -0.354 e.